The van der Waals surface area contributed by atoms with Crippen molar-refractivity contribution in [3.8, 4) is 0 Å². The molecule has 1 aliphatic heterocycles. The van der Waals surface area contributed by atoms with Crippen LogP contribution in [0.4, 0.5) is 0 Å². The van der Waals surface area contributed by atoms with E-state index in [0.29, 0.717) is 0 Å². The molecule has 106 valence electrons. The molecule has 1 saturated carbocycles. The molecule has 1 heterocycles. The third-order valence-corrected chi connectivity index (χ3v) is 4.85. The van der Waals surface area contributed by atoms with Gasteiger partial charge in [0.05, 0.1) is 6.61 Å². The van der Waals surface area contributed by atoms with Crippen molar-refractivity contribution in [1.82, 2.24) is 10.2 Å². The second kappa shape index (κ2) is 7.46. The van der Waals surface area contributed by atoms with Crippen molar-refractivity contribution < 1.29 is 4.74 Å². The SMILES string of the molecule is CCC1CCC(NC)C(CN2CCCOCC2)C1. The summed E-state index contributed by atoms with van der Waals surface area (Å²) in [6.07, 6.45) is 6.76. The van der Waals surface area contributed by atoms with Crippen LogP contribution in [0, 0.1) is 11.8 Å². The zero-order chi connectivity index (χ0) is 12.8. The molecule has 2 fully saturated rings. The first kappa shape index (κ1) is 14.3. The Kier molecular flexibility index (Phi) is 5.93. The molecule has 0 spiro atoms. The molecule has 0 amide bonds. The van der Waals surface area contributed by atoms with E-state index < -0.39 is 0 Å². The van der Waals surface area contributed by atoms with E-state index in [4.69, 9.17) is 4.74 Å². The van der Waals surface area contributed by atoms with Gasteiger partial charge in [0.1, 0.15) is 0 Å². The third kappa shape index (κ3) is 3.94. The highest BCUT2D eigenvalue weighted by atomic mass is 16.5. The standard InChI is InChI=1S/C15H30N2O/c1-3-13-5-6-15(16-2)14(11-13)12-17-7-4-9-18-10-8-17/h13-16H,3-12H2,1-2H3. The van der Waals surface area contributed by atoms with E-state index in [0.717, 1.165) is 37.6 Å². The van der Waals surface area contributed by atoms with Crippen LogP contribution in [0.15, 0.2) is 0 Å². The van der Waals surface area contributed by atoms with E-state index in [-0.39, 0.29) is 0 Å². The van der Waals surface area contributed by atoms with Gasteiger partial charge in [-0.15, -0.1) is 0 Å². The lowest BCUT2D eigenvalue weighted by Crippen LogP contribution is -2.45. The van der Waals surface area contributed by atoms with Crippen molar-refractivity contribution in [2.75, 3.05) is 39.9 Å². The number of rotatable bonds is 4. The summed E-state index contributed by atoms with van der Waals surface area (Å²) in [6.45, 7) is 7.85. The molecule has 0 bridgehead atoms. The maximum absolute atomic E-state index is 5.55. The number of nitrogens with one attached hydrogen (secondary N) is 1. The quantitative estimate of drug-likeness (QED) is 0.832. The molecule has 3 atom stereocenters. The molecule has 2 rings (SSSR count). The van der Waals surface area contributed by atoms with Crippen LogP contribution in [-0.4, -0.2) is 50.8 Å². The minimum absolute atomic E-state index is 0.733. The molecule has 18 heavy (non-hydrogen) atoms. The van der Waals surface area contributed by atoms with Gasteiger partial charge in [-0.25, -0.2) is 0 Å². The largest absolute Gasteiger partial charge is 0.380 e. The average molecular weight is 254 g/mol. The maximum atomic E-state index is 5.55. The zero-order valence-corrected chi connectivity index (χ0v) is 12.2. The average Bonchev–Trinajstić information content (AvgIpc) is 2.67. The fourth-order valence-electron chi connectivity index (χ4n) is 3.63. The molecular weight excluding hydrogens is 224 g/mol. The van der Waals surface area contributed by atoms with Gasteiger partial charge in [-0.2, -0.15) is 0 Å². The highest BCUT2D eigenvalue weighted by molar-refractivity contribution is 4.85. The van der Waals surface area contributed by atoms with Gasteiger partial charge in [0, 0.05) is 32.3 Å². The van der Waals surface area contributed by atoms with Crippen LogP contribution >= 0.6 is 0 Å². The van der Waals surface area contributed by atoms with Gasteiger partial charge in [0.25, 0.3) is 0 Å². The van der Waals surface area contributed by atoms with E-state index in [1.54, 1.807) is 0 Å². The summed E-state index contributed by atoms with van der Waals surface area (Å²) in [4.78, 5) is 2.63. The maximum Gasteiger partial charge on any atom is 0.0593 e. The number of ether oxygens (including phenoxy) is 1. The number of hydrogen-bond donors (Lipinski definition) is 1. The van der Waals surface area contributed by atoms with Gasteiger partial charge in [-0.1, -0.05) is 13.3 Å². The molecule has 1 saturated heterocycles. The second-order valence-electron chi connectivity index (χ2n) is 6.01. The van der Waals surface area contributed by atoms with Crippen molar-refractivity contribution in [1.29, 1.82) is 0 Å². The zero-order valence-electron chi connectivity index (χ0n) is 12.2. The molecule has 0 aromatic rings. The fourth-order valence-corrected chi connectivity index (χ4v) is 3.63. The molecule has 1 N–H and O–H groups in total. The lowest BCUT2D eigenvalue weighted by Gasteiger charge is -2.38. The summed E-state index contributed by atoms with van der Waals surface area (Å²) in [7, 11) is 2.13. The summed E-state index contributed by atoms with van der Waals surface area (Å²) >= 11 is 0. The number of hydrogen-bond acceptors (Lipinski definition) is 3. The number of nitrogens with zero attached hydrogens (tertiary/aromatic N) is 1. The second-order valence-corrected chi connectivity index (χ2v) is 6.01. The molecule has 1 aliphatic carbocycles. The highest BCUT2D eigenvalue weighted by Crippen LogP contribution is 2.31. The first-order valence-electron chi connectivity index (χ1n) is 7.80. The minimum Gasteiger partial charge on any atom is -0.380 e. The summed E-state index contributed by atoms with van der Waals surface area (Å²) in [5.74, 6) is 1.80. The van der Waals surface area contributed by atoms with E-state index in [9.17, 15) is 0 Å². The molecule has 0 radical (unpaired) electrons. The van der Waals surface area contributed by atoms with Crippen molar-refractivity contribution in [2.45, 2.75) is 45.1 Å². The van der Waals surface area contributed by atoms with E-state index >= 15 is 0 Å². The normalized spacial score (nSPS) is 35.3. The van der Waals surface area contributed by atoms with E-state index in [1.165, 1.54) is 45.2 Å². The molecule has 3 nitrogen and oxygen atoms in total. The minimum atomic E-state index is 0.733. The third-order valence-electron chi connectivity index (χ3n) is 4.85. The first-order chi connectivity index (χ1) is 8.83. The molecular formula is C15H30N2O. The lowest BCUT2D eigenvalue weighted by atomic mass is 9.76. The van der Waals surface area contributed by atoms with E-state index in [1.807, 2.05) is 0 Å². The van der Waals surface area contributed by atoms with Crippen LogP contribution < -0.4 is 5.32 Å². The molecule has 2 aliphatic rings. The topological polar surface area (TPSA) is 24.5 Å². The van der Waals surface area contributed by atoms with Gasteiger partial charge in [-0.05, 0) is 44.6 Å². The lowest BCUT2D eigenvalue weighted by molar-refractivity contribution is 0.121. The Morgan fingerprint density at radius 2 is 2.11 bits per heavy atom. The van der Waals surface area contributed by atoms with Crippen LogP contribution in [0.2, 0.25) is 0 Å². The fraction of sp³-hybridized carbons (Fsp3) is 1.00. The summed E-state index contributed by atoms with van der Waals surface area (Å²) in [5, 5.41) is 3.55. The van der Waals surface area contributed by atoms with Gasteiger partial charge in [0.15, 0.2) is 0 Å². The van der Waals surface area contributed by atoms with E-state index in [2.05, 4.69) is 24.2 Å². The Hall–Kier alpha value is -0.120. The van der Waals surface area contributed by atoms with Crippen LogP contribution in [-0.2, 0) is 4.74 Å². The molecule has 0 aromatic carbocycles. The van der Waals surface area contributed by atoms with Crippen LogP contribution in [0.5, 0.6) is 0 Å². The van der Waals surface area contributed by atoms with Crippen LogP contribution in [0.3, 0.4) is 0 Å². The highest BCUT2D eigenvalue weighted by Gasteiger charge is 2.30. The van der Waals surface area contributed by atoms with Crippen molar-refractivity contribution in [2.24, 2.45) is 11.8 Å². The van der Waals surface area contributed by atoms with Gasteiger partial charge >= 0.3 is 0 Å². The summed E-state index contributed by atoms with van der Waals surface area (Å²) in [5.41, 5.74) is 0. The van der Waals surface area contributed by atoms with Crippen molar-refractivity contribution >= 4 is 0 Å². The van der Waals surface area contributed by atoms with Crippen LogP contribution in [0.1, 0.15) is 39.0 Å². The Morgan fingerprint density at radius 3 is 2.89 bits per heavy atom. The van der Waals surface area contributed by atoms with Gasteiger partial charge in [0.2, 0.25) is 0 Å². The summed E-state index contributed by atoms with van der Waals surface area (Å²) < 4.78 is 5.55. The molecule has 0 aromatic heterocycles. The molecule has 3 unspecified atom stereocenters. The monoisotopic (exact) mass is 254 g/mol. The first-order valence-corrected chi connectivity index (χ1v) is 7.80. The predicted octanol–water partition coefficient (Wildman–Crippen LogP) is 2.12. The Bertz CT molecular complexity index is 227. The Labute approximate surface area is 112 Å². The van der Waals surface area contributed by atoms with Gasteiger partial charge < -0.3 is 15.0 Å². The summed E-state index contributed by atoms with van der Waals surface area (Å²) in [6, 6.07) is 0.733. The van der Waals surface area contributed by atoms with Crippen molar-refractivity contribution in [3.05, 3.63) is 0 Å². The Balaban J connectivity index is 1.86. The van der Waals surface area contributed by atoms with Crippen LogP contribution in [0.25, 0.3) is 0 Å². The smallest absolute Gasteiger partial charge is 0.0593 e. The predicted molar refractivity (Wildman–Crippen MR) is 75.8 cm³/mol. The molecule has 3 heteroatoms. The Morgan fingerprint density at radius 1 is 1.22 bits per heavy atom. The van der Waals surface area contributed by atoms with Crippen molar-refractivity contribution in [3.63, 3.8) is 0 Å². The van der Waals surface area contributed by atoms with Gasteiger partial charge in [-0.3, -0.25) is 0 Å².